The SMILES string of the molecule is COc1nc(N2CCN(CC3CC3)[C@@H](CCO)C2)ncc1F. The number of piperazine rings is 1. The van der Waals surface area contributed by atoms with Crippen LogP contribution in [0.5, 0.6) is 5.88 Å². The second-order valence-electron chi connectivity index (χ2n) is 6.08. The molecule has 0 amide bonds. The molecule has 1 saturated carbocycles. The predicted molar refractivity (Wildman–Crippen MR) is 80.5 cm³/mol. The minimum absolute atomic E-state index is 0.0240. The molecule has 22 heavy (non-hydrogen) atoms. The lowest BCUT2D eigenvalue weighted by Gasteiger charge is -2.41. The zero-order valence-electron chi connectivity index (χ0n) is 12.9. The van der Waals surface area contributed by atoms with Crippen LogP contribution in [0.1, 0.15) is 19.3 Å². The normalized spacial score (nSPS) is 22.9. The minimum atomic E-state index is -0.550. The molecule has 0 aromatic carbocycles. The van der Waals surface area contributed by atoms with Crippen LogP contribution in [0.2, 0.25) is 0 Å². The number of halogens is 1. The lowest BCUT2D eigenvalue weighted by Crippen LogP contribution is -2.54. The molecule has 7 heteroatoms. The van der Waals surface area contributed by atoms with Crippen LogP contribution in [0.15, 0.2) is 6.20 Å². The van der Waals surface area contributed by atoms with Crippen LogP contribution in [0.3, 0.4) is 0 Å². The van der Waals surface area contributed by atoms with Gasteiger partial charge in [0.05, 0.1) is 13.3 Å². The maximum Gasteiger partial charge on any atom is 0.255 e. The van der Waals surface area contributed by atoms with Gasteiger partial charge in [0.25, 0.3) is 5.88 Å². The number of hydrogen-bond donors (Lipinski definition) is 1. The Bertz CT molecular complexity index is 512. The molecule has 1 aromatic rings. The topological polar surface area (TPSA) is 61.7 Å². The van der Waals surface area contributed by atoms with E-state index in [-0.39, 0.29) is 12.5 Å². The van der Waals surface area contributed by atoms with Crippen LogP contribution in [0.4, 0.5) is 10.3 Å². The summed E-state index contributed by atoms with van der Waals surface area (Å²) >= 11 is 0. The number of aliphatic hydroxyl groups excluding tert-OH is 1. The molecule has 6 nitrogen and oxygen atoms in total. The lowest BCUT2D eigenvalue weighted by molar-refractivity contribution is 0.136. The van der Waals surface area contributed by atoms with Gasteiger partial charge in [0, 0.05) is 38.8 Å². The van der Waals surface area contributed by atoms with Gasteiger partial charge in [-0.25, -0.2) is 4.98 Å². The van der Waals surface area contributed by atoms with Gasteiger partial charge in [-0.3, -0.25) is 4.90 Å². The van der Waals surface area contributed by atoms with E-state index in [0.29, 0.717) is 12.0 Å². The summed E-state index contributed by atoms with van der Waals surface area (Å²) in [5, 5.41) is 9.32. The zero-order chi connectivity index (χ0) is 15.5. The van der Waals surface area contributed by atoms with Crippen molar-refractivity contribution in [3.63, 3.8) is 0 Å². The van der Waals surface area contributed by atoms with Crippen LogP contribution in [-0.2, 0) is 0 Å². The van der Waals surface area contributed by atoms with Crippen molar-refractivity contribution in [2.24, 2.45) is 5.92 Å². The first-order valence-corrected chi connectivity index (χ1v) is 7.87. The highest BCUT2D eigenvalue weighted by Gasteiger charge is 2.32. The zero-order valence-corrected chi connectivity index (χ0v) is 12.9. The van der Waals surface area contributed by atoms with E-state index in [2.05, 4.69) is 14.9 Å². The molecular formula is C15H23FN4O2. The summed E-state index contributed by atoms with van der Waals surface area (Å²) in [6.45, 7) is 3.77. The van der Waals surface area contributed by atoms with Crippen LogP contribution in [0.25, 0.3) is 0 Å². The van der Waals surface area contributed by atoms with E-state index in [1.807, 2.05) is 4.90 Å². The molecule has 2 heterocycles. The second kappa shape index (κ2) is 6.75. The summed E-state index contributed by atoms with van der Waals surface area (Å²) in [5.41, 5.74) is 0. The van der Waals surface area contributed by atoms with E-state index >= 15 is 0 Å². The largest absolute Gasteiger partial charge is 0.479 e. The summed E-state index contributed by atoms with van der Waals surface area (Å²) in [6, 6.07) is 0.291. The first-order valence-electron chi connectivity index (χ1n) is 7.87. The van der Waals surface area contributed by atoms with Gasteiger partial charge in [-0.05, 0) is 25.2 Å². The predicted octanol–water partition coefficient (Wildman–Crippen LogP) is 0.907. The lowest BCUT2D eigenvalue weighted by atomic mass is 10.1. The van der Waals surface area contributed by atoms with E-state index in [0.717, 1.165) is 44.7 Å². The first-order chi connectivity index (χ1) is 10.7. The minimum Gasteiger partial charge on any atom is -0.479 e. The van der Waals surface area contributed by atoms with Crippen LogP contribution in [0, 0.1) is 11.7 Å². The Balaban J connectivity index is 1.69. The fraction of sp³-hybridized carbons (Fsp3) is 0.733. The smallest absolute Gasteiger partial charge is 0.255 e. The molecule has 1 N–H and O–H groups in total. The molecular weight excluding hydrogens is 287 g/mol. The monoisotopic (exact) mass is 310 g/mol. The van der Waals surface area contributed by atoms with Crippen molar-refractivity contribution in [3.05, 3.63) is 12.0 Å². The van der Waals surface area contributed by atoms with E-state index in [1.54, 1.807) is 0 Å². The average Bonchev–Trinajstić information content (AvgIpc) is 3.34. The molecule has 1 atom stereocenters. The summed E-state index contributed by atoms with van der Waals surface area (Å²) in [7, 11) is 1.40. The van der Waals surface area contributed by atoms with Gasteiger partial charge >= 0.3 is 0 Å². The van der Waals surface area contributed by atoms with E-state index < -0.39 is 5.82 Å². The van der Waals surface area contributed by atoms with Crippen molar-refractivity contribution in [3.8, 4) is 5.88 Å². The molecule has 1 saturated heterocycles. The number of anilines is 1. The molecule has 0 unspecified atom stereocenters. The highest BCUT2D eigenvalue weighted by molar-refractivity contribution is 5.34. The molecule has 122 valence electrons. The maximum absolute atomic E-state index is 13.4. The fourth-order valence-corrected chi connectivity index (χ4v) is 3.01. The number of aliphatic hydroxyl groups is 1. The molecule has 1 aliphatic carbocycles. The average molecular weight is 310 g/mol. The van der Waals surface area contributed by atoms with Gasteiger partial charge in [0.2, 0.25) is 11.8 Å². The van der Waals surface area contributed by atoms with Gasteiger partial charge in [0.1, 0.15) is 0 Å². The van der Waals surface area contributed by atoms with Crippen molar-refractivity contribution in [1.29, 1.82) is 0 Å². The van der Waals surface area contributed by atoms with E-state index in [1.165, 1.54) is 20.0 Å². The molecule has 0 spiro atoms. The van der Waals surface area contributed by atoms with E-state index in [9.17, 15) is 9.50 Å². The molecule has 2 aliphatic rings. The summed E-state index contributed by atoms with van der Waals surface area (Å²) in [4.78, 5) is 12.7. The molecule has 1 aliphatic heterocycles. The van der Waals surface area contributed by atoms with Crippen LogP contribution in [-0.4, -0.2) is 65.9 Å². The van der Waals surface area contributed by atoms with Gasteiger partial charge in [0.15, 0.2) is 0 Å². The third kappa shape index (κ3) is 3.47. The summed E-state index contributed by atoms with van der Waals surface area (Å²) in [5.74, 6) is 0.747. The van der Waals surface area contributed by atoms with E-state index in [4.69, 9.17) is 4.74 Å². The Labute approximate surface area is 129 Å². The number of aromatic nitrogens is 2. The third-order valence-electron chi connectivity index (χ3n) is 4.43. The fourth-order valence-electron chi connectivity index (χ4n) is 3.01. The maximum atomic E-state index is 13.4. The van der Waals surface area contributed by atoms with Crippen LogP contribution < -0.4 is 9.64 Å². The number of hydrogen-bond acceptors (Lipinski definition) is 6. The summed E-state index contributed by atoms with van der Waals surface area (Å²) < 4.78 is 18.4. The first kappa shape index (κ1) is 15.4. The molecule has 2 fully saturated rings. The molecule has 0 radical (unpaired) electrons. The number of nitrogens with zero attached hydrogens (tertiary/aromatic N) is 4. The Morgan fingerprint density at radius 3 is 2.91 bits per heavy atom. The van der Waals surface area contributed by atoms with Crippen molar-refractivity contribution in [2.45, 2.75) is 25.3 Å². The quantitative estimate of drug-likeness (QED) is 0.843. The molecule has 1 aromatic heterocycles. The number of rotatable bonds is 6. The van der Waals surface area contributed by atoms with Gasteiger partial charge in [-0.2, -0.15) is 9.37 Å². The Kier molecular flexibility index (Phi) is 4.73. The Hall–Kier alpha value is -1.47. The molecule has 0 bridgehead atoms. The standard InChI is InChI=1S/C15H23FN4O2/c1-22-14-13(16)8-17-15(18-14)20-6-5-19(9-11-2-3-11)12(10-20)4-7-21/h8,11-12,21H,2-7,9-10H2,1H3/t12-/m0/s1. The molecule has 3 rings (SSSR count). The summed E-state index contributed by atoms with van der Waals surface area (Å²) in [6.07, 6.45) is 4.54. The van der Waals surface area contributed by atoms with Crippen molar-refractivity contribution >= 4 is 5.95 Å². The Morgan fingerprint density at radius 2 is 2.23 bits per heavy atom. The third-order valence-corrected chi connectivity index (χ3v) is 4.43. The number of ether oxygens (including phenoxy) is 1. The number of methoxy groups -OCH3 is 1. The highest BCUT2D eigenvalue weighted by atomic mass is 19.1. The second-order valence-corrected chi connectivity index (χ2v) is 6.08. The van der Waals surface area contributed by atoms with Crippen molar-refractivity contribution < 1.29 is 14.2 Å². The van der Waals surface area contributed by atoms with Gasteiger partial charge < -0.3 is 14.7 Å². The van der Waals surface area contributed by atoms with Crippen molar-refractivity contribution in [2.75, 3.05) is 44.8 Å². The van der Waals surface area contributed by atoms with Gasteiger partial charge in [-0.15, -0.1) is 0 Å². The van der Waals surface area contributed by atoms with Crippen molar-refractivity contribution in [1.82, 2.24) is 14.9 Å². The highest BCUT2D eigenvalue weighted by Crippen LogP contribution is 2.31. The Morgan fingerprint density at radius 1 is 1.41 bits per heavy atom. The van der Waals surface area contributed by atoms with Crippen LogP contribution >= 0.6 is 0 Å². The van der Waals surface area contributed by atoms with Gasteiger partial charge in [-0.1, -0.05) is 0 Å².